The van der Waals surface area contributed by atoms with E-state index in [-0.39, 0.29) is 10.0 Å². The van der Waals surface area contributed by atoms with Gasteiger partial charge in [0.2, 0.25) is 0 Å². The fraction of sp³-hybridized carbons (Fsp3) is 0.0833. The van der Waals surface area contributed by atoms with Crippen LogP contribution in [0.1, 0.15) is 5.56 Å². The standard InChI is InChI=1S/C12H9BrF2N2/c1-6-4-10(16)17-5-7(6)11-9(14)3-2-8(13)12(11)15/h2-5H,1H3,(H2,16,17). The molecule has 2 nitrogen and oxygen atoms in total. The number of hydrogen-bond acceptors (Lipinski definition) is 2. The quantitative estimate of drug-likeness (QED) is 0.816. The number of rotatable bonds is 1. The van der Waals surface area contributed by atoms with Gasteiger partial charge in [0, 0.05) is 11.8 Å². The van der Waals surface area contributed by atoms with Crippen molar-refractivity contribution in [2.24, 2.45) is 0 Å². The highest BCUT2D eigenvalue weighted by atomic mass is 79.9. The Balaban J connectivity index is 2.72. The number of pyridine rings is 1. The summed E-state index contributed by atoms with van der Waals surface area (Å²) in [5, 5.41) is 0. The predicted octanol–water partition coefficient (Wildman–Crippen LogP) is 3.68. The largest absolute Gasteiger partial charge is 0.384 e. The monoisotopic (exact) mass is 298 g/mol. The van der Waals surface area contributed by atoms with Crippen molar-refractivity contribution < 1.29 is 8.78 Å². The molecule has 0 amide bonds. The Hall–Kier alpha value is -1.49. The molecular weight excluding hydrogens is 290 g/mol. The van der Waals surface area contributed by atoms with Gasteiger partial charge < -0.3 is 5.73 Å². The third-order valence-corrected chi connectivity index (χ3v) is 3.06. The van der Waals surface area contributed by atoms with Crippen LogP contribution in [-0.2, 0) is 0 Å². The number of halogens is 3. The highest BCUT2D eigenvalue weighted by molar-refractivity contribution is 9.10. The number of nitrogens with zero attached hydrogens (tertiary/aromatic N) is 1. The first-order valence-corrected chi connectivity index (χ1v) is 5.66. The average molecular weight is 299 g/mol. The van der Waals surface area contributed by atoms with Gasteiger partial charge in [-0.15, -0.1) is 0 Å². The number of benzene rings is 1. The fourth-order valence-electron chi connectivity index (χ4n) is 1.61. The molecule has 2 aromatic rings. The van der Waals surface area contributed by atoms with Crippen LogP contribution in [0.2, 0.25) is 0 Å². The van der Waals surface area contributed by atoms with E-state index in [1.807, 2.05) is 0 Å². The molecule has 1 aromatic heterocycles. The van der Waals surface area contributed by atoms with E-state index in [1.165, 1.54) is 18.3 Å². The van der Waals surface area contributed by atoms with Crippen molar-refractivity contribution in [3.05, 3.63) is 46.1 Å². The SMILES string of the molecule is Cc1cc(N)ncc1-c1c(F)ccc(Br)c1F. The van der Waals surface area contributed by atoms with E-state index < -0.39 is 11.6 Å². The first-order chi connectivity index (χ1) is 8.00. The van der Waals surface area contributed by atoms with Crippen molar-refractivity contribution >= 4 is 21.7 Å². The summed E-state index contributed by atoms with van der Waals surface area (Å²) in [6.45, 7) is 1.73. The van der Waals surface area contributed by atoms with Crippen LogP contribution in [-0.4, -0.2) is 4.98 Å². The maximum Gasteiger partial charge on any atom is 0.148 e. The zero-order valence-corrected chi connectivity index (χ0v) is 10.6. The lowest BCUT2D eigenvalue weighted by Gasteiger charge is -2.09. The van der Waals surface area contributed by atoms with Gasteiger partial charge >= 0.3 is 0 Å². The Bertz CT molecular complexity index is 585. The number of nitrogens with two attached hydrogens (primary N) is 1. The highest BCUT2D eigenvalue weighted by Crippen LogP contribution is 2.32. The molecule has 2 rings (SSSR count). The smallest absolute Gasteiger partial charge is 0.148 e. The number of aromatic nitrogens is 1. The Morgan fingerprint density at radius 3 is 2.65 bits per heavy atom. The molecule has 1 aromatic carbocycles. The molecule has 0 fully saturated rings. The first-order valence-electron chi connectivity index (χ1n) is 4.86. The molecule has 1 heterocycles. The number of anilines is 1. The Morgan fingerprint density at radius 2 is 2.00 bits per heavy atom. The fourth-order valence-corrected chi connectivity index (χ4v) is 1.94. The molecule has 0 aliphatic rings. The van der Waals surface area contributed by atoms with Crippen LogP contribution in [0.25, 0.3) is 11.1 Å². The predicted molar refractivity (Wildman–Crippen MR) is 66.4 cm³/mol. The summed E-state index contributed by atoms with van der Waals surface area (Å²) in [6.07, 6.45) is 1.37. The van der Waals surface area contributed by atoms with Gasteiger partial charge in [0.25, 0.3) is 0 Å². The average Bonchev–Trinajstić information content (AvgIpc) is 2.27. The Kier molecular flexibility index (Phi) is 3.11. The van der Waals surface area contributed by atoms with Gasteiger partial charge in [-0.3, -0.25) is 0 Å². The zero-order chi connectivity index (χ0) is 12.6. The number of aryl methyl sites for hydroxylation is 1. The van der Waals surface area contributed by atoms with Gasteiger partial charge in [-0.1, -0.05) is 0 Å². The van der Waals surface area contributed by atoms with Crippen LogP contribution in [0, 0.1) is 18.6 Å². The molecule has 0 saturated heterocycles. The summed E-state index contributed by atoms with van der Waals surface area (Å²) in [6, 6.07) is 4.11. The topological polar surface area (TPSA) is 38.9 Å². The van der Waals surface area contributed by atoms with E-state index in [4.69, 9.17) is 5.73 Å². The minimum Gasteiger partial charge on any atom is -0.384 e. The molecule has 0 unspecified atom stereocenters. The normalized spacial score (nSPS) is 10.6. The van der Waals surface area contributed by atoms with Crippen LogP contribution >= 0.6 is 15.9 Å². The van der Waals surface area contributed by atoms with Crippen molar-refractivity contribution in [3.63, 3.8) is 0 Å². The van der Waals surface area contributed by atoms with Crippen LogP contribution in [0.3, 0.4) is 0 Å². The number of nitrogen functional groups attached to an aromatic ring is 1. The minimum atomic E-state index is -0.639. The molecule has 17 heavy (non-hydrogen) atoms. The molecule has 0 radical (unpaired) electrons. The second kappa shape index (κ2) is 4.41. The molecule has 0 saturated carbocycles. The van der Waals surface area contributed by atoms with E-state index in [2.05, 4.69) is 20.9 Å². The van der Waals surface area contributed by atoms with Crippen molar-refractivity contribution in [2.75, 3.05) is 5.73 Å². The van der Waals surface area contributed by atoms with Crippen LogP contribution in [0.5, 0.6) is 0 Å². The second-order valence-electron chi connectivity index (χ2n) is 3.64. The molecular formula is C12H9BrF2N2. The van der Waals surface area contributed by atoms with Gasteiger partial charge in [0.15, 0.2) is 0 Å². The summed E-state index contributed by atoms with van der Waals surface area (Å²) >= 11 is 3.03. The molecule has 88 valence electrons. The molecule has 0 bridgehead atoms. The highest BCUT2D eigenvalue weighted by Gasteiger charge is 2.16. The summed E-state index contributed by atoms with van der Waals surface area (Å²) in [5.74, 6) is -0.942. The van der Waals surface area contributed by atoms with Crippen LogP contribution < -0.4 is 5.73 Å². The summed E-state index contributed by atoms with van der Waals surface area (Å²) in [4.78, 5) is 3.86. The van der Waals surface area contributed by atoms with Gasteiger partial charge in [-0.25, -0.2) is 13.8 Å². The third kappa shape index (κ3) is 2.15. The van der Waals surface area contributed by atoms with E-state index in [9.17, 15) is 8.78 Å². The summed E-state index contributed by atoms with van der Waals surface area (Å²) in [7, 11) is 0. The summed E-state index contributed by atoms with van der Waals surface area (Å²) in [5.41, 5.74) is 6.48. The van der Waals surface area contributed by atoms with Crippen LogP contribution in [0.15, 0.2) is 28.9 Å². The van der Waals surface area contributed by atoms with Gasteiger partial charge in [-0.2, -0.15) is 0 Å². The minimum absolute atomic E-state index is 0.0932. The van der Waals surface area contributed by atoms with Crippen molar-refractivity contribution in [1.29, 1.82) is 0 Å². The van der Waals surface area contributed by atoms with Crippen molar-refractivity contribution in [1.82, 2.24) is 4.98 Å². The lowest BCUT2D eigenvalue weighted by atomic mass is 10.0. The van der Waals surface area contributed by atoms with E-state index in [0.717, 1.165) is 0 Å². The molecule has 0 spiro atoms. The van der Waals surface area contributed by atoms with Gasteiger partial charge in [-0.05, 0) is 46.6 Å². The lowest BCUT2D eigenvalue weighted by molar-refractivity contribution is 0.585. The molecule has 2 N–H and O–H groups in total. The Morgan fingerprint density at radius 1 is 1.29 bits per heavy atom. The van der Waals surface area contributed by atoms with Crippen molar-refractivity contribution in [2.45, 2.75) is 6.92 Å². The Labute approximate surface area is 106 Å². The summed E-state index contributed by atoms with van der Waals surface area (Å²) < 4.78 is 27.8. The van der Waals surface area contributed by atoms with Crippen molar-refractivity contribution in [3.8, 4) is 11.1 Å². The first kappa shape index (κ1) is 12.0. The maximum atomic E-state index is 13.9. The molecule has 5 heteroatoms. The van der Waals surface area contributed by atoms with Gasteiger partial charge in [0.1, 0.15) is 17.5 Å². The zero-order valence-electron chi connectivity index (χ0n) is 8.97. The maximum absolute atomic E-state index is 13.9. The third-order valence-electron chi connectivity index (χ3n) is 2.45. The number of hydrogen-bond donors (Lipinski definition) is 1. The second-order valence-corrected chi connectivity index (χ2v) is 4.50. The van der Waals surface area contributed by atoms with E-state index in [1.54, 1.807) is 13.0 Å². The molecule has 0 aliphatic heterocycles. The van der Waals surface area contributed by atoms with Gasteiger partial charge in [0.05, 0.1) is 10.0 Å². The van der Waals surface area contributed by atoms with E-state index >= 15 is 0 Å². The van der Waals surface area contributed by atoms with E-state index in [0.29, 0.717) is 16.9 Å². The molecule has 0 atom stereocenters. The van der Waals surface area contributed by atoms with Crippen LogP contribution in [0.4, 0.5) is 14.6 Å². The molecule has 0 aliphatic carbocycles. The lowest BCUT2D eigenvalue weighted by Crippen LogP contribution is -1.97.